The maximum absolute atomic E-state index is 12.4. The number of hydrogen-bond acceptors (Lipinski definition) is 6. The minimum Gasteiger partial charge on any atom is -0.277 e. The van der Waals surface area contributed by atoms with Gasteiger partial charge in [-0.1, -0.05) is 66.2 Å². The average Bonchev–Trinajstić information content (AvgIpc) is 2.79. The molecule has 2 heterocycles. The Labute approximate surface area is 200 Å². The number of amides is 8. The van der Waals surface area contributed by atoms with E-state index in [1.165, 1.54) is 11.3 Å². The van der Waals surface area contributed by atoms with Crippen molar-refractivity contribution in [2.45, 2.75) is 97.9 Å². The summed E-state index contributed by atoms with van der Waals surface area (Å²) in [5.74, 6) is -2.42. The quantitative estimate of drug-likeness (QED) is 0.480. The molecule has 0 bridgehead atoms. The van der Waals surface area contributed by atoms with E-state index in [4.69, 9.17) is 0 Å². The van der Waals surface area contributed by atoms with Crippen molar-refractivity contribution in [3.8, 4) is 0 Å². The van der Waals surface area contributed by atoms with Crippen LogP contribution in [-0.2, 0) is 19.2 Å². The van der Waals surface area contributed by atoms with E-state index >= 15 is 0 Å². The highest BCUT2D eigenvalue weighted by Gasteiger charge is 2.52. The van der Waals surface area contributed by atoms with Gasteiger partial charge in [0.1, 0.15) is 11.3 Å². The predicted octanol–water partition coefficient (Wildman–Crippen LogP) is 3.00. The average molecular weight is 479 g/mol. The molecule has 190 valence electrons. The van der Waals surface area contributed by atoms with E-state index in [0.29, 0.717) is 19.3 Å². The predicted molar refractivity (Wildman–Crippen MR) is 124 cm³/mol. The Balaban J connectivity index is 0.000000248. The summed E-state index contributed by atoms with van der Waals surface area (Å²) in [7, 11) is 0. The fourth-order valence-electron chi connectivity index (χ4n) is 5.01. The lowest BCUT2D eigenvalue weighted by Gasteiger charge is -2.37. The maximum atomic E-state index is 12.4. The normalized spacial score (nSPS) is 24.0. The van der Waals surface area contributed by atoms with Gasteiger partial charge in [0.25, 0.3) is 0 Å². The van der Waals surface area contributed by atoms with E-state index in [0.717, 1.165) is 38.5 Å². The first-order chi connectivity index (χ1) is 16.1. The third-order valence-electron chi connectivity index (χ3n) is 7.36. The minimum atomic E-state index is -1.09. The summed E-state index contributed by atoms with van der Waals surface area (Å²) >= 11 is 0. The molecule has 2 atom stereocenters. The molecule has 0 spiro atoms. The van der Waals surface area contributed by atoms with Gasteiger partial charge in [-0.25, -0.2) is 9.59 Å². The zero-order valence-electron chi connectivity index (χ0n) is 20.7. The van der Waals surface area contributed by atoms with Crippen LogP contribution in [0.2, 0.25) is 0 Å². The lowest BCUT2D eigenvalue weighted by atomic mass is 9.70. The number of hydrogen-bond donors (Lipinski definition) is 3. The molecule has 0 aromatic carbocycles. The molecule has 10 nitrogen and oxygen atoms in total. The van der Waals surface area contributed by atoms with Gasteiger partial charge in [-0.15, -0.1) is 0 Å². The Bertz CT molecular complexity index is 800. The first-order valence-electron chi connectivity index (χ1n) is 12.5. The molecule has 3 fully saturated rings. The summed E-state index contributed by atoms with van der Waals surface area (Å²) < 4.78 is 0. The second-order valence-electron chi connectivity index (χ2n) is 9.36. The second-order valence-corrected chi connectivity index (χ2v) is 9.36. The van der Waals surface area contributed by atoms with Crippen molar-refractivity contribution in [2.75, 3.05) is 0 Å². The monoisotopic (exact) mass is 478 g/mol. The minimum absolute atomic E-state index is 0.0153. The van der Waals surface area contributed by atoms with Crippen LogP contribution in [0.5, 0.6) is 0 Å². The molecule has 8 amide bonds. The van der Waals surface area contributed by atoms with E-state index < -0.39 is 41.1 Å². The Kier molecular flexibility index (Phi) is 9.76. The van der Waals surface area contributed by atoms with E-state index in [1.54, 1.807) is 6.92 Å². The van der Waals surface area contributed by atoms with Gasteiger partial charge in [-0.3, -0.25) is 40.0 Å². The van der Waals surface area contributed by atoms with Crippen LogP contribution in [-0.4, -0.2) is 46.6 Å². The number of unbranched alkanes of at least 4 members (excludes halogenated alkanes) is 1. The molecule has 34 heavy (non-hydrogen) atoms. The van der Waals surface area contributed by atoms with Crippen LogP contribution < -0.4 is 16.0 Å². The number of carbonyl (C=O) groups excluding carboxylic acids is 6. The number of urea groups is 2. The third-order valence-corrected chi connectivity index (χ3v) is 7.36. The van der Waals surface area contributed by atoms with Crippen molar-refractivity contribution in [2.24, 2.45) is 17.3 Å². The maximum Gasteiger partial charge on any atom is 0.331 e. The van der Waals surface area contributed by atoms with Gasteiger partial charge in [0.2, 0.25) is 23.6 Å². The standard InChI is InChI=1S/C14H22N2O3.C10H16N2O3/c1-2-3-9-11-12(17)15-14(19)16(13(11)18)10-7-5-4-6-8-10;1-4-6(3)10(5-2)7(13)11-9(15)12-8(10)14/h10-11H,2-9H2,1H3,(H,15,17,19);6H,4-5H2,1-3H3,(H2,11,12,13,14,15). The molecular weight excluding hydrogens is 440 g/mol. The van der Waals surface area contributed by atoms with Crippen molar-refractivity contribution >= 4 is 35.7 Å². The Morgan fingerprint density at radius 3 is 2.00 bits per heavy atom. The first-order valence-corrected chi connectivity index (χ1v) is 12.5. The lowest BCUT2D eigenvalue weighted by molar-refractivity contribution is -0.149. The topological polar surface area (TPSA) is 142 Å². The largest absolute Gasteiger partial charge is 0.331 e. The fourth-order valence-corrected chi connectivity index (χ4v) is 5.01. The van der Waals surface area contributed by atoms with E-state index in [9.17, 15) is 28.8 Å². The van der Waals surface area contributed by atoms with Crippen LogP contribution in [0.25, 0.3) is 0 Å². The molecule has 2 saturated heterocycles. The molecule has 3 aliphatic rings. The summed E-state index contributed by atoms with van der Waals surface area (Å²) in [6.45, 7) is 7.56. The van der Waals surface area contributed by atoms with Crippen LogP contribution in [0.15, 0.2) is 0 Å². The number of barbiturate groups is 2. The van der Waals surface area contributed by atoms with Crippen LogP contribution in [0.3, 0.4) is 0 Å². The molecule has 10 heteroatoms. The van der Waals surface area contributed by atoms with Crippen molar-refractivity contribution in [1.29, 1.82) is 0 Å². The highest BCUT2D eigenvalue weighted by Crippen LogP contribution is 2.35. The molecule has 1 saturated carbocycles. The molecule has 2 aliphatic heterocycles. The molecule has 0 aromatic heterocycles. The molecule has 2 unspecified atom stereocenters. The molecule has 0 radical (unpaired) electrons. The summed E-state index contributed by atoms with van der Waals surface area (Å²) in [6.07, 6.45) is 8.42. The summed E-state index contributed by atoms with van der Waals surface area (Å²) in [5.41, 5.74) is -1.09. The van der Waals surface area contributed by atoms with Crippen molar-refractivity contribution in [3.63, 3.8) is 0 Å². The van der Waals surface area contributed by atoms with Gasteiger partial charge in [0, 0.05) is 6.04 Å². The van der Waals surface area contributed by atoms with Crippen LogP contribution >= 0.6 is 0 Å². The van der Waals surface area contributed by atoms with Gasteiger partial charge in [-0.05, 0) is 31.6 Å². The summed E-state index contributed by atoms with van der Waals surface area (Å²) in [4.78, 5) is 71.9. The third kappa shape index (κ3) is 5.64. The van der Waals surface area contributed by atoms with Gasteiger partial charge in [0.05, 0.1) is 0 Å². The number of nitrogens with one attached hydrogen (secondary N) is 3. The zero-order valence-corrected chi connectivity index (χ0v) is 20.7. The summed E-state index contributed by atoms with van der Waals surface area (Å²) in [5, 5.41) is 6.66. The molecule has 0 aromatic rings. The molecular formula is C24H38N4O6. The highest BCUT2D eigenvalue weighted by molar-refractivity contribution is 6.19. The van der Waals surface area contributed by atoms with Crippen LogP contribution in [0.1, 0.15) is 91.9 Å². The van der Waals surface area contributed by atoms with E-state index in [1.807, 2.05) is 20.8 Å². The van der Waals surface area contributed by atoms with Gasteiger partial charge >= 0.3 is 12.1 Å². The number of rotatable bonds is 7. The van der Waals surface area contributed by atoms with E-state index in [2.05, 4.69) is 16.0 Å². The van der Waals surface area contributed by atoms with Crippen molar-refractivity contribution in [1.82, 2.24) is 20.9 Å². The van der Waals surface area contributed by atoms with Gasteiger partial charge in [0.15, 0.2) is 0 Å². The fraction of sp³-hybridized carbons (Fsp3) is 0.750. The zero-order chi connectivity index (χ0) is 25.5. The second kappa shape index (κ2) is 12.1. The Morgan fingerprint density at radius 2 is 1.50 bits per heavy atom. The SMILES string of the molecule is CCC(C)C1(CC)C(=O)NC(=O)NC1=O.CCCCC1C(=O)NC(=O)N(C2CCCCC2)C1=O. The molecule has 3 rings (SSSR count). The number of carbonyl (C=O) groups is 6. The smallest absolute Gasteiger partial charge is 0.277 e. The van der Waals surface area contributed by atoms with Crippen LogP contribution in [0.4, 0.5) is 9.59 Å². The van der Waals surface area contributed by atoms with E-state index in [-0.39, 0.29) is 17.9 Å². The molecule has 1 aliphatic carbocycles. The van der Waals surface area contributed by atoms with Gasteiger partial charge < -0.3 is 0 Å². The first kappa shape index (κ1) is 27.5. The van der Waals surface area contributed by atoms with Crippen molar-refractivity contribution in [3.05, 3.63) is 0 Å². The Morgan fingerprint density at radius 1 is 0.912 bits per heavy atom. The lowest BCUT2D eigenvalue weighted by Crippen LogP contribution is -2.64. The van der Waals surface area contributed by atoms with Crippen molar-refractivity contribution < 1.29 is 28.8 Å². The number of imide groups is 4. The Hall–Kier alpha value is -2.78. The van der Waals surface area contributed by atoms with Gasteiger partial charge in [-0.2, -0.15) is 0 Å². The highest BCUT2D eigenvalue weighted by atomic mass is 16.2. The molecule has 3 N–H and O–H groups in total. The van der Waals surface area contributed by atoms with Crippen LogP contribution in [0, 0.1) is 17.3 Å². The summed E-state index contributed by atoms with van der Waals surface area (Å²) in [6, 6.07) is -1.26. The number of nitrogens with zero attached hydrogens (tertiary/aromatic N) is 1.